The van der Waals surface area contributed by atoms with Gasteiger partial charge in [0, 0.05) is 13.1 Å². The van der Waals surface area contributed by atoms with Crippen LogP contribution < -0.4 is 5.32 Å². The summed E-state index contributed by atoms with van der Waals surface area (Å²) in [5.74, 6) is -0.0181. The van der Waals surface area contributed by atoms with Crippen molar-refractivity contribution in [3.63, 3.8) is 0 Å². The Kier molecular flexibility index (Phi) is 4.29. The van der Waals surface area contributed by atoms with Crippen molar-refractivity contribution in [3.05, 3.63) is 46.8 Å². The van der Waals surface area contributed by atoms with E-state index in [9.17, 15) is 4.79 Å². The maximum atomic E-state index is 13.0. The van der Waals surface area contributed by atoms with Crippen molar-refractivity contribution in [2.45, 2.75) is 44.7 Å². The smallest absolute Gasteiger partial charge is 0.276 e. The molecular formula is C19H25N5O. The predicted octanol–water partition coefficient (Wildman–Crippen LogP) is 1.75. The number of hydrogen-bond donors (Lipinski definition) is 1. The highest BCUT2D eigenvalue weighted by atomic mass is 16.2. The molecule has 0 saturated carbocycles. The molecule has 6 heteroatoms. The number of piperidine rings is 1. The summed E-state index contributed by atoms with van der Waals surface area (Å²) >= 11 is 0. The Morgan fingerprint density at radius 1 is 1.20 bits per heavy atom. The summed E-state index contributed by atoms with van der Waals surface area (Å²) in [7, 11) is 1.89. The number of likely N-dealkylation sites (N-methyl/N-ethyl adjacent to an activating group) is 1. The number of benzene rings is 1. The molecule has 1 aliphatic carbocycles. The number of nitrogens with zero attached hydrogens (tertiary/aromatic N) is 4. The van der Waals surface area contributed by atoms with E-state index in [1.807, 2.05) is 23.6 Å². The Hall–Kier alpha value is -2.21. The van der Waals surface area contributed by atoms with Gasteiger partial charge in [-0.05, 0) is 56.8 Å². The van der Waals surface area contributed by atoms with E-state index in [1.54, 1.807) is 0 Å². The molecule has 0 spiro atoms. The van der Waals surface area contributed by atoms with Crippen molar-refractivity contribution >= 4 is 5.91 Å². The number of amides is 1. The van der Waals surface area contributed by atoms with E-state index >= 15 is 0 Å². The second-order valence-corrected chi connectivity index (χ2v) is 7.20. The molecule has 6 nitrogen and oxygen atoms in total. The van der Waals surface area contributed by atoms with Crippen LogP contribution >= 0.6 is 0 Å². The highest BCUT2D eigenvalue weighted by Crippen LogP contribution is 2.26. The lowest BCUT2D eigenvalue weighted by atomic mass is 10.1. The summed E-state index contributed by atoms with van der Waals surface area (Å²) in [6.07, 6.45) is 3.90. The van der Waals surface area contributed by atoms with Crippen LogP contribution in [0.2, 0.25) is 0 Å². The van der Waals surface area contributed by atoms with E-state index in [4.69, 9.17) is 0 Å². The van der Waals surface area contributed by atoms with E-state index in [0.717, 1.165) is 44.5 Å². The van der Waals surface area contributed by atoms with Crippen molar-refractivity contribution in [2.24, 2.45) is 0 Å². The summed E-state index contributed by atoms with van der Waals surface area (Å²) in [5, 5.41) is 11.9. The lowest BCUT2D eigenvalue weighted by Crippen LogP contribution is -2.38. The van der Waals surface area contributed by atoms with Gasteiger partial charge in [0.05, 0.1) is 11.7 Å². The van der Waals surface area contributed by atoms with Gasteiger partial charge < -0.3 is 10.2 Å². The molecule has 0 atom stereocenters. The summed E-state index contributed by atoms with van der Waals surface area (Å²) in [6, 6.07) is 9.00. The fourth-order valence-electron chi connectivity index (χ4n) is 4.08. The normalized spacial score (nSPS) is 18.3. The van der Waals surface area contributed by atoms with Crippen molar-refractivity contribution in [3.8, 4) is 0 Å². The van der Waals surface area contributed by atoms with E-state index in [-0.39, 0.29) is 11.9 Å². The molecule has 1 fully saturated rings. The van der Waals surface area contributed by atoms with Gasteiger partial charge in [0.2, 0.25) is 0 Å². The standard InChI is InChI=1S/C19H25N5O/c1-13-18(21-22-24(13)16-7-9-20-10-8-16)19(25)23(2)17-11-14-5-3-4-6-15(14)12-17/h3-6,16-17,20H,7-12H2,1-2H3. The number of carbonyl (C=O) groups is 1. The minimum Gasteiger partial charge on any atom is -0.337 e. The Labute approximate surface area is 148 Å². The minimum atomic E-state index is -0.0181. The maximum absolute atomic E-state index is 13.0. The monoisotopic (exact) mass is 339 g/mol. The van der Waals surface area contributed by atoms with Crippen LogP contribution in [0.5, 0.6) is 0 Å². The van der Waals surface area contributed by atoms with E-state index in [0.29, 0.717) is 11.7 Å². The second-order valence-electron chi connectivity index (χ2n) is 7.20. The minimum absolute atomic E-state index is 0.0181. The highest BCUT2D eigenvalue weighted by Gasteiger charge is 2.31. The molecule has 0 bridgehead atoms. The molecule has 4 rings (SSSR count). The Bertz CT molecular complexity index is 753. The quantitative estimate of drug-likeness (QED) is 0.925. The molecule has 1 saturated heterocycles. The van der Waals surface area contributed by atoms with Gasteiger partial charge in [-0.2, -0.15) is 0 Å². The molecule has 25 heavy (non-hydrogen) atoms. The summed E-state index contributed by atoms with van der Waals surface area (Å²) < 4.78 is 1.95. The van der Waals surface area contributed by atoms with Gasteiger partial charge in [-0.1, -0.05) is 29.5 Å². The van der Waals surface area contributed by atoms with Crippen LogP contribution in [-0.2, 0) is 12.8 Å². The highest BCUT2D eigenvalue weighted by molar-refractivity contribution is 5.93. The summed E-state index contributed by atoms with van der Waals surface area (Å²) in [5.41, 5.74) is 4.08. The lowest BCUT2D eigenvalue weighted by Gasteiger charge is -2.25. The SMILES string of the molecule is Cc1c(C(=O)N(C)C2Cc3ccccc3C2)nnn1C1CCNCC1. The second kappa shape index (κ2) is 6.59. The van der Waals surface area contributed by atoms with E-state index in [1.165, 1.54) is 11.1 Å². The van der Waals surface area contributed by atoms with Crippen LogP contribution in [0, 0.1) is 6.92 Å². The number of rotatable bonds is 3. The number of fused-ring (bicyclic) bond motifs is 1. The van der Waals surface area contributed by atoms with E-state index in [2.05, 4.69) is 39.9 Å². The van der Waals surface area contributed by atoms with Crippen molar-refractivity contribution in [2.75, 3.05) is 20.1 Å². The van der Waals surface area contributed by atoms with Gasteiger partial charge in [-0.3, -0.25) is 4.79 Å². The lowest BCUT2D eigenvalue weighted by molar-refractivity contribution is 0.0731. The topological polar surface area (TPSA) is 63.1 Å². The molecule has 2 heterocycles. The van der Waals surface area contributed by atoms with Crippen LogP contribution in [0.15, 0.2) is 24.3 Å². The fourth-order valence-corrected chi connectivity index (χ4v) is 4.08. The average Bonchev–Trinajstić information content (AvgIpc) is 3.24. The van der Waals surface area contributed by atoms with Gasteiger partial charge in [0.25, 0.3) is 5.91 Å². The van der Waals surface area contributed by atoms with Crippen molar-refractivity contribution in [1.82, 2.24) is 25.2 Å². The molecule has 132 valence electrons. The first-order valence-corrected chi connectivity index (χ1v) is 9.11. The molecule has 1 aliphatic heterocycles. The molecule has 1 aromatic heterocycles. The van der Waals surface area contributed by atoms with Crippen molar-refractivity contribution in [1.29, 1.82) is 0 Å². The van der Waals surface area contributed by atoms with Crippen LogP contribution in [-0.4, -0.2) is 52.0 Å². The zero-order valence-electron chi connectivity index (χ0n) is 14.9. The molecule has 0 unspecified atom stereocenters. The zero-order valence-corrected chi connectivity index (χ0v) is 14.9. The molecule has 2 aliphatic rings. The third-order valence-electron chi connectivity index (χ3n) is 5.68. The molecule has 2 aromatic rings. The van der Waals surface area contributed by atoms with Crippen LogP contribution in [0.4, 0.5) is 0 Å². The van der Waals surface area contributed by atoms with Crippen molar-refractivity contribution < 1.29 is 4.79 Å². The first kappa shape index (κ1) is 16.3. The molecular weight excluding hydrogens is 314 g/mol. The van der Waals surface area contributed by atoms with Gasteiger partial charge in [0.15, 0.2) is 5.69 Å². The first-order chi connectivity index (χ1) is 12.1. The summed E-state index contributed by atoms with van der Waals surface area (Å²) in [4.78, 5) is 14.8. The molecule has 1 amide bonds. The number of aromatic nitrogens is 3. The Balaban J connectivity index is 1.50. The van der Waals surface area contributed by atoms with Crippen LogP contribution in [0.1, 0.15) is 46.2 Å². The Morgan fingerprint density at radius 3 is 2.48 bits per heavy atom. The van der Waals surface area contributed by atoms with Crippen LogP contribution in [0.25, 0.3) is 0 Å². The number of hydrogen-bond acceptors (Lipinski definition) is 4. The van der Waals surface area contributed by atoms with Gasteiger partial charge >= 0.3 is 0 Å². The predicted molar refractivity (Wildman–Crippen MR) is 95.6 cm³/mol. The third kappa shape index (κ3) is 2.95. The summed E-state index contributed by atoms with van der Waals surface area (Å²) in [6.45, 7) is 3.95. The molecule has 1 N–H and O–H groups in total. The zero-order chi connectivity index (χ0) is 17.4. The molecule has 1 aromatic carbocycles. The van der Waals surface area contributed by atoms with Gasteiger partial charge in [0.1, 0.15) is 0 Å². The largest absolute Gasteiger partial charge is 0.337 e. The molecule has 0 radical (unpaired) electrons. The third-order valence-corrected chi connectivity index (χ3v) is 5.68. The van der Waals surface area contributed by atoms with Gasteiger partial charge in [-0.25, -0.2) is 4.68 Å². The fraction of sp³-hybridized carbons (Fsp3) is 0.526. The number of carbonyl (C=O) groups excluding carboxylic acids is 1. The Morgan fingerprint density at radius 2 is 1.84 bits per heavy atom. The van der Waals surface area contributed by atoms with E-state index < -0.39 is 0 Å². The maximum Gasteiger partial charge on any atom is 0.276 e. The number of nitrogens with one attached hydrogen (secondary N) is 1. The van der Waals surface area contributed by atoms with Crippen LogP contribution in [0.3, 0.4) is 0 Å². The first-order valence-electron chi connectivity index (χ1n) is 9.11. The van der Waals surface area contributed by atoms with Gasteiger partial charge in [-0.15, -0.1) is 5.10 Å². The average molecular weight is 339 g/mol.